The number of nitro benzene ring substituents is 1. The van der Waals surface area contributed by atoms with Crippen LogP contribution in [0.4, 0.5) is 5.69 Å². The van der Waals surface area contributed by atoms with E-state index in [1.165, 1.54) is 0 Å². The number of esters is 1. The van der Waals surface area contributed by atoms with E-state index in [1.54, 1.807) is 18.2 Å². The summed E-state index contributed by atoms with van der Waals surface area (Å²) < 4.78 is 32.0. The summed E-state index contributed by atoms with van der Waals surface area (Å²) in [5.41, 5.74) is 1.04. The van der Waals surface area contributed by atoms with Crippen LogP contribution in [0.5, 0.6) is 0 Å². The summed E-state index contributed by atoms with van der Waals surface area (Å²) in [6.45, 7) is 1.81. The van der Waals surface area contributed by atoms with Crippen LogP contribution in [-0.4, -0.2) is 26.4 Å². The van der Waals surface area contributed by atoms with E-state index in [0.29, 0.717) is 5.56 Å². The van der Waals surface area contributed by atoms with Crippen LogP contribution < -0.4 is 4.72 Å². The highest BCUT2D eigenvalue weighted by atomic mass is 32.2. The molecule has 2 rings (SSSR count). The average Bonchev–Trinajstić information content (AvgIpc) is 2.59. The Morgan fingerprint density at radius 2 is 1.84 bits per heavy atom. The predicted octanol–water partition coefficient (Wildman–Crippen LogP) is 2.10. The number of hydrogen-bond acceptors (Lipinski definition) is 6. The van der Waals surface area contributed by atoms with E-state index in [4.69, 9.17) is 0 Å². The largest absolute Gasteiger partial charge is 0.468 e. The lowest BCUT2D eigenvalue weighted by Gasteiger charge is -2.17. The number of aryl methyl sites for hydroxylation is 1. The molecule has 0 fully saturated rings. The quantitative estimate of drug-likeness (QED) is 0.477. The maximum absolute atomic E-state index is 12.5. The molecule has 0 spiro atoms. The summed E-state index contributed by atoms with van der Waals surface area (Å²) in [4.78, 5) is 21.9. The number of carbonyl (C=O) groups is 1. The second-order valence-corrected chi connectivity index (χ2v) is 6.96. The predicted molar refractivity (Wildman–Crippen MR) is 89.4 cm³/mol. The van der Waals surface area contributed by atoms with Gasteiger partial charge >= 0.3 is 5.97 Å². The molecule has 0 saturated carbocycles. The molecule has 0 amide bonds. The fourth-order valence-corrected chi connectivity index (χ4v) is 3.36. The molecule has 0 heterocycles. The lowest BCUT2D eigenvalue weighted by molar-refractivity contribution is -0.384. The highest BCUT2D eigenvalue weighted by Gasteiger charge is 2.28. The van der Waals surface area contributed by atoms with Crippen molar-refractivity contribution in [1.82, 2.24) is 4.72 Å². The van der Waals surface area contributed by atoms with Gasteiger partial charge in [-0.2, -0.15) is 4.72 Å². The van der Waals surface area contributed by atoms with Crippen molar-refractivity contribution in [2.45, 2.75) is 17.9 Å². The molecule has 0 unspecified atom stereocenters. The van der Waals surface area contributed by atoms with Crippen LogP contribution in [0.1, 0.15) is 17.2 Å². The summed E-state index contributed by atoms with van der Waals surface area (Å²) in [6, 6.07) is 9.90. The number of nitrogens with one attached hydrogen (secondary N) is 1. The highest BCUT2D eigenvalue weighted by Crippen LogP contribution is 2.21. The summed E-state index contributed by atoms with van der Waals surface area (Å²) in [7, 11) is -2.93. The summed E-state index contributed by atoms with van der Waals surface area (Å²) in [5, 5.41) is 10.7. The first kappa shape index (κ1) is 18.6. The molecule has 1 N–H and O–H groups in total. The minimum absolute atomic E-state index is 0.195. The second kappa shape index (κ2) is 7.41. The van der Waals surface area contributed by atoms with Crippen molar-refractivity contribution in [3.8, 4) is 0 Å². The molecule has 0 aromatic heterocycles. The Hall–Kier alpha value is -2.78. The number of nitro groups is 1. The van der Waals surface area contributed by atoms with Crippen LogP contribution in [0.2, 0.25) is 0 Å². The molecule has 0 aliphatic rings. The van der Waals surface area contributed by atoms with Crippen molar-refractivity contribution < 1.29 is 22.9 Å². The van der Waals surface area contributed by atoms with E-state index < -0.39 is 27.0 Å². The Labute approximate surface area is 144 Å². The average molecular weight is 364 g/mol. The first-order valence-corrected chi connectivity index (χ1v) is 8.64. The molecule has 0 radical (unpaired) electrons. The zero-order chi connectivity index (χ0) is 18.6. The maximum Gasteiger partial charge on any atom is 0.328 e. The van der Waals surface area contributed by atoms with E-state index in [-0.39, 0.29) is 10.6 Å². The number of nitrogens with zero attached hydrogens (tertiary/aromatic N) is 1. The summed E-state index contributed by atoms with van der Waals surface area (Å²) in [6.07, 6.45) is 0. The zero-order valence-electron chi connectivity index (χ0n) is 13.5. The molecule has 132 valence electrons. The number of carbonyl (C=O) groups excluding carboxylic acids is 1. The Balaban J connectivity index is 2.36. The van der Waals surface area contributed by atoms with Gasteiger partial charge in [0.15, 0.2) is 0 Å². The summed E-state index contributed by atoms with van der Waals surface area (Å²) >= 11 is 0. The van der Waals surface area contributed by atoms with Gasteiger partial charge in [-0.25, -0.2) is 13.2 Å². The van der Waals surface area contributed by atoms with Crippen LogP contribution in [0.25, 0.3) is 0 Å². The van der Waals surface area contributed by atoms with Crippen molar-refractivity contribution in [2.75, 3.05) is 7.11 Å². The molecular formula is C16H16N2O6S. The van der Waals surface area contributed by atoms with Crippen molar-refractivity contribution in [3.63, 3.8) is 0 Å². The van der Waals surface area contributed by atoms with Gasteiger partial charge in [0, 0.05) is 12.1 Å². The van der Waals surface area contributed by atoms with Gasteiger partial charge in [0.05, 0.1) is 16.9 Å². The zero-order valence-corrected chi connectivity index (χ0v) is 14.3. The summed E-state index contributed by atoms with van der Waals surface area (Å²) in [5.74, 6) is -0.768. The van der Waals surface area contributed by atoms with E-state index >= 15 is 0 Å². The Bertz CT molecular complexity index is 893. The van der Waals surface area contributed by atoms with E-state index in [2.05, 4.69) is 9.46 Å². The van der Waals surface area contributed by atoms with Crippen molar-refractivity contribution in [2.24, 2.45) is 0 Å². The number of methoxy groups -OCH3 is 1. The molecule has 8 nitrogen and oxygen atoms in total. The fraction of sp³-hybridized carbons (Fsp3) is 0.188. The van der Waals surface area contributed by atoms with Gasteiger partial charge in [-0.15, -0.1) is 0 Å². The molecule has 0 aliphatic heterocycles. The molecule has 0 saturated heterocycles. The highest BCUT2D eigenvalue weighted by molar-refractivity contribution is 7.89. The van der Waals surface area contributed by atoms with Crippen molar-refractivity contribution in [3.05, 3.63) is 69.8 Å². The number of rotatable bonds is 6. The fourth-order valence-electron chi connectivity index (χ4n) is 2.19. The molecular weight excluding hydrogens is 348 g/mol. The van der Waals surface area contributed by atoms with Crippen LogP contribution >= 0.6 is 0 Å². The van der Waals surface area contributed by atoms with Crippen LogP contribution in [0.15, 0.2) is 53.4 Å². The van der Waals surface area contributed by atoms with Crippen LogP contribution in [0, 0.1) is 17.0 Å². The third-order valence-electron chi connectivity index (χ3n) is 3.44. The Morgan fingerprint density at radius 1 is 1.20 bits per heavy atom. The van der Waals surface area contributed by atoms with Gasteiger partial charge in [0.25, 0.3) is 5.69 Å². The van der Waals surface area contributed by atoms with Crippen molar-refractivity contribution >= 4 is 21.7 Å². The van der Waals surface area contributed by atoms with Gasteiger partial charge in [0.1, 0.15) is 6.04 Å². The van der Waals surface area contributed by atoms with Gasteiger partial charge in [0.2, 0.25) is 10.0 Å². The molecule has 0 aliphatic carbocycles. The van der Waals surface area contributed by atoms with Crippen LogP contribution in [0.3, 0.4) is 0 Å². The minimum atomic E-state index is -4.09. The molecule has 1 atom stereocenters. The number of non-ortho nitro benzene ring substituents is 1. The first-order valence-electron chi connectivity index (χ1n) is 7.16. The van der Waals surface area contributed by atoms with Gasteiger partial charge in [-0.05, 0) is 24.6 Å². The molecule has 2 aromatic carbocycles. The first-order chi connectivity index (χ1) is 11.7. The van der Waals surface area contributed by atoms with Gasteiger partial charge < -0.3 is 4.74 Å². The van der Waals surface area contributed by atoms with E-state index in [9.17, 15) is 23.3 Å². The third kappa shape index (κ3) is 4.40. The third-order valence-corrected chi connectivity index (χ3v) is 4.88. The molecule has 2 aromatic rings. The van der Waals surface area contributed by atoms with E-state index in [0.717, 1.165) is 36.9 Å². The normalized spacial score (nSPS) is 12.4. The molecule has 9 heteroatoms. The number of hydrogen-bond donors (Lipinski definition) is 1. The number of sulfonamides is 1. The van der Waals surface area contributed by atoms with E-state index in [1.807, 2.05) is 13.0 Å². The smallest absolute Gasteiger partial charge is 0.328 e. The van der Waals surface area contributed by atoms with Crippen molar-refractivity contribution in [1.29, 1.82) is 0 Å². The Kier molecular flexibility index (Phi) is 5.50. The topological polar surface area (TPSA) is 116 Å². The van der Waals surface area contributed by atoms with Gasteiger partial charge in [-0.3, -0.25) is 10.1 Å². The van der Waals surface area contributed by atoms with Gasteiger partial charge in [-0.1, -0.05) is 29.8 Å². The SMILES string of the molecule is COC(=O)[C@H](NS(=O)(=O)c1ccc([N+](=O)[O-])cc1)c1cccc(C)c1. The number of benzene rings is 2. The lowest BCUT2D eigenvalue weighted by atomic mass is 10.1. The second-order valence-electron chi connectivity index (χ2n) is 5.24. The number of ether oxygens (including phenoxy) is 1. The lowest BCUT2D eigenvalue weighted by Crippen LogP contribution is -2.34. The maximum atomic E-state index is 12.5. The standard InChI is InChI=1S/C16H16N2O6S/c1-11-4-3-5-12(10-11)15(16(19)24-2)17-25(22,23)14-8-6-13(7-9-14)18(20)21/h3-10,15,17H,1-2H3/t15-/m1/s1. The Morgan fingerprint density at radius 3 is 2.36 bits per heavy atom. The molecule has 25 heavy (non-hydrogen) atoms. The monoisotopic (exact) mass is 364 g/mol. The minimum Gasteiger partial charge on any atom is -0.468 e. The van der Waals surface area contributed by atoms with Crippen LogP contribution in [-0.2, 0) is 19.6 Å². The molecule has 0 bridgehead atoms.